The van der Waals surface area contributed by atoms with Crippen LogP contribution in [0, 0.1) is 5.92 Å². The highest BCUT2D eigenvalue weighted by molar-refractivity contribution is 7.98. The molecule has 9 nitrogen and oxygen atoms in total. The first-order chi connectivity index (χ1) is 19.6. The molecule has 1 atom stereocenters. The van der Waals surface area contributed by atoms with Gasteiger partial charge in [-0.2, -0.15) is 0 Å². The molecular weight excluding hydrogens is 546 g/mol. The molecule has 1 aliphatic rings. The molecule has 0 radical (unpaired) electrons. The van der Waals surface area contributed by atoms with Crippen molar-refractivity contribution in [3.8, 4) is 11.4 Å². The molecule has 11 heteroatoms. The number of thioether (sulfide) groups is 1. The van der Waals surface area contributed by atoms with Gasteiger partial charge in [-0.05, 0) is 37.5 Å². The van der Waals surface area contributed by atoms with E-state index in [0.29, 0.717) is 42.7 Å². The van der Waals surface area contributed by atoms with Crippen molar-refractivity contribution in [2.24, 2.45) is 5.92 Å². The summed E-state index contributed by atoms with van der Waals surface area (Å²) >= 11 is 2.95. The van der Waals surface area contributed by atoms with Gasteiger partial charge in [0.15, 0.2) is 5.16 Å². The van der Waals surface area contributed by atoms with Gasteiger partial charge in [0.2, 0.25) is 0 Å². The molecule has 2 aromatic heterocycles. The van der Waals surface area contributed by atoms with Crippen molar-refractivity contribution in [2.45, 2.75) is 37.1 Å². The Morgan fingerprint density at radius 1 is 1.10 bits per heavy atom. The van der Waals surface area contributed by atoms with Gasteiger partial charge in [-0.3, -0.25) is 14.2 Å². The van der Waals surface area contributed by atoms with Crippen molar-refractivity contribution < 1.29 is 19.1 Å². The van der Waals surface area contributed by atoms with E-state index in [1.54, 1.807) is 24.3 Å². The normalized spacial score (nSPS) is 15.2. The molecule has 40 heavy (non-hydrogen) atoms. The predicted molar refractivity (Wildman–Crippen MR) is 154 cm³/mol. The summed E-state index contributed by atoms with van der Waals surface area (Å²) < 4.78 is 12.8. The van der Waals surface area contributed by atoms with E-state index in [2.05, 4.69) is 27.3 Å². The van der Waals surface area contributed by atoms with E-state index < -0.39 is 0 Å². The number of para-hydroxylation sites is 2. The monoisotopic (exact) mass is 577 g/mol. The highest BCUT2D eigenvalue weighted by Crippen LogP contribution is 2.31. The number of hydrogen-bond donors (Lipinski definition) is 0. The number of thiazole rings is 1. The van der Waals surface area contributed by atoms with Gasteiger partial charge in [-0.1, -0.05) is 54.2 Å². The summed E-state index contributed by atoms with van der Waals surface area (Å²) in [7, 11) is 1.65. The number of rotatable bonds is 10. The quantitative estimate of drug-likeness (QED) is 0.191. The first kappa shape index (κ1) is 27.9. The number of aromatic nitrogens is 4. The second-order valence-electron chi connectivity index (χ2n) is 9.33. The number of likely N-dealkylation sites (tertiary alicyclic amines) is 1. The van der Waals surface area contributed by atoms with Crippen LogP contribution >= 0.6 is 23.1 Å². The van der Waals surface area contributed by atoms with Gasteiger partial charge < -0.3 is 14.4 Å². The molecule has 1 amide bonds. The summed E-state index contributed by atoms with van der Waals surface area (Å²) in [6.45, 7) is 3.12. The van der Waals surface area contributed by atoms with Crippen molar-refractivity contribution in [3.05, 3.63) is 82.1 Å². The lowest BCUT2D eigenvalue weighted by Gasteiger charge is -2.31. The third-order valence-corrected chi connectivity index (χ3v) is 8.63. The number of methoxy groups -OCH3 is 1. The van der Waals surface area contributed by atoms with E-state index in [1.807, 2.05) is 47.0 Å². The van der Waals surface area contributed by atoms with Crippen LogP contribution in [0.25, 0.3) is 5.69 Å². The van der Waals surface area contributed by atoms with Gasteiger partial charge in [0, 0.05) is 24.9 Å². The molecule has 0 aliphatic carbocycles. The Balaban J connectivity index is 1.32. The van der Waals surface area contributed by atoms with Crippen LogP contribution in [0.15, 0.2) is 65.1 Å². The number of ether oxygens (including phenoxy) is 2. The number of carbonyl (C=O) groups is 2. The van der Waals surface area contributed by atoms with Crippen LogP contribution in [0.2, 0.25) is 0 Å². The zero-order valence-corrected chi connectivity index (χ0v) is 24.1. The maximum atomic E-state index is 13.2. The second-order valence-corrected chi connectivity index (χ2v) is 11.2. The van der Waals surface area contributed by atoms with Crippen molar-refractivity contribution in [1.29, 1.82) is 0 Å². The summed E-state index contributed by atoms with van der Waals surface area (Å²) in [5, 5.41) is 12.4. The summed E-state index contributed by atoms with van der Waals surface area (Å²) in [5.41, 5.74) is 2.40. The largest absolute Gasteiger partial charge is 0.495 e. The molecule has 2 aromatic carbocycles. The average Bonchev–Trinajstić information content (AvgIpc) is 3.63. The average molecular weight is 578 g/mol. The molecule has 0 N–H and O–H groups in total. The number of benzene rings is 2. The Kier molecular flexibility index (Phi) is 9.12. The lowest BCUT2D eigenvalue weighted by atomic mass is 9.98. The van der Waals surface area contributed by atoms with Gasteiger partial charge in [-0.15, -0.1) is 21.5 Å². The molecule has 3 heterocycles. The van der Waals surface area contributed by atoms with E-state index in [1.165, 1.54) is 23.1 Å². The number of carbonyl (C=O) groups excluding carboxylic acids is 2. The lowest BCUT2D eigenvalue weighted by molar-refractivity contribution is -0.149. The minimum absolute atomic E-state index is 0.149. The Morgan fingerprint density at radius 2 is 1.90 bits per heavy atom. The molecule has 1 saturated heterocycles. The Morgan fingerprint density at radius 3 is 2.70 bits per heavy atom. The smallest absolute Gasteiger partial charge is 0.310 e. The number of piperidine rings is 1. The molecule has 1 aliphatic heterocycles. The van der Waals surface area contributed by atoms with Gasteiger partial charge in [0.25, 0.3) is 5.91 Å². The molecule has 208 valence electrons. The van der Waals surface area contributed by atoms with Gasteiger partial charge >= 0.3 is 5.97 Å². The molecule has 1 fully saturated rings. The first-order valence-electron chi connectivity index (χ1n) is 13.2. The number of esters is 1. The van der Waals surface area contributed by atoms with Crippen LogP contribution in [-0.2, 0) is 21.7 Å². The third-order valence-electron chi connectivity index (χ3n) is 6.66. The van der Waals surface area contributed by atoms with Crippen LogP contribution in [-0.4, -0.2) is 63.3 Å². The van der Waals surface area contributed by atoms with Crippen molar-refractivity contribution in [2.75, 3.05) is 26.8 Å². The van der Waals surface area contributed by atoms with Crippen LogP contribution in [0.5, 0.6) is 5.75 Å². The third kappa shape index (κ3) is 6.37. The molecule has 0 saturated carbocycles. The summed E-state index contributed by atoms with van der Waals surface area (Å²) in [4.78, 5) is 31.7. The fourth-order valence-electron chi connectivity index (χ4n) is 4.72. The van der Waals surface area contributed by atoms with Crippen LogP contribution in [0.1, 0.15) is 46.6 Å². The summed E-state index contributed by atoms with van der Waals surface area (Å²) in [6.07, 6.45) is 2.12. The topological polar surface area (TPSA) is 99.4 Å². The summed E-state index contributed by atoms with van der Waals surface area (Å²) in [5.74, 6) is 1.39. The van der Waals surface area contributed by atoms with Crippen molar-refractivity contribution in [1.82, 2.24) is 24.6 Å². The molecule has 0 bridgehead atoms. The summed E-state index contributed by atoms with van der Waals surface area (Å²) in [6, 6.07) is 18.0. The highest BCUT2D eigenvalue weighted by atomic mass is 32.2. The lowest BCUT2D eigenvalue weighted by Crippen LogP contribution is -2.43. The van der Waals surface area contributed by atoms with Crippen molar-refractivity contribution >= 4 is 35.0 Å². The predicted octanol–water partition coefficient (Wildman–Crippen LogP) is 5.03. The van der Waals surface area contributed by atoms with E-state index in [0.717, 1.165) is 40.7 Å². The van der Waals surface area contributed by atoms with Crippen LogP contribution < -0.4 is 4.74 Å². The maximum absolute atomic E-state index is 13.2. The zero-order chi connectivity index (χ0) is 27.9. The van der Waals surface area contributed by atoms with Gasteiger partial charge in [0.05, 0.1) is 31.1 Å². The Bertz CT molecular complexity index is 1460. The minimum Gasteiger partial charge on any atom is -0.495 e. The fourth-order valence-corrected chi connectivity index (χ4v) is 6.47. The Hall–Kier alpha value is -3.70. The highest BCUT2D eigenvalue weighted by Gasteiger charge is 2.30. The molecule has 4 aromatic rings. The molecular formula is C29H31N5O4S2. The van der Waals surface area contributed by atoms with Crippen LogP contribution in [0.4, 0.5) is 0 Å². The van der Waals surface area contributed by atoms with E-state index in [9.17, 15) is 9.59 Å². The zero-order valence-electron chi connectivity index (χ0n) is 22.5. The molecule has 0 spiro atoms. The maximum Gasteiger partial charge on any atom is 0.310 e. The Labute approximate surface area is 241 Å². The van der Waals surface area contributed by atoms with Crippen molar-refractivity contribution in [3.63, 3.8) is 0 Å². The first-order valence-corrected chi connectivity index (χ1v) is 15.1. The molecule has 5 rings (SSSR count). The SMILES string of the molecule is CCOC(=O)C1CCCN(C(=O)c2csc(CSc3nnc(Cc4ccccc4)n3-c3ccccc3OC)n2)C1. The second kappa shape index (κ2) is 13.1. The minimum atomic E-state index is -0.280. The molecule has 1 unspecified atom stereocenters. The standard InChI is InChI=1S/C29H31N5O4S2/c1-3-38-28(36)21-12-9-15-33(17-21)27(35)22-18-39-26(30-22)19-40-29-32-31-25(16-20-10-5-4-6-11-20)34(29)23-13-7-8-14-24(23)37-2/h4-8,10-11,13-14,18,21H,3,9,12,15-17,19H2,1-2H3. The number of hydrogen-bond acceptors (Lipinski definition) is 9. The number of nitrogens with zero attached hydrogens (tertiary/aromatic N) is 5. The van der Waals surface area contributed by atoms with Gasteiger partial charge in [0.1, 0.15) is 22.3 Å². The van der Waals surface area contributed by atoms with Gasteiger partial charge in [-0.25, -0.2) is 4.98 Å². The van der Waals surface area contributed by atoms with E-state index in [-0.39, 0.29) is 17.8 Å². The number of amides is 1. The fraction of sp³-hybridized carbons (Fsp3) is 0.345. The van der Waals surface area contributed by atoms with E-state index in [4.69, 9.17) is 9.47 Å². The van der Waals surface area contributed by atoms with Crippen LogP contribution in [0.3, 0.4) is 0 Å². The van der Waals surface area contributed by atoms with E-state index >= 15 is 0 Å².